The van der Waals surface area contributed by atoms with Gasteiger partial charge < -0.3 is 9.84 Å². The Hall–Kier alpha value is -1.21. The molecule has 0 rings (SSSR count). The van der Waals surface area contributed by atoms with Crippen molar-refractivity contribution in [1.82, 2.24) is 0 Å². The van der Waals surface area contributed by atoms with Crippen molar-refractivity contribution < 1.29 is 19.4 Å². The van der Waals surface area contributed by atoms with Gasteiger partial charge in [0.25, 0.3) is 0 Å². The fourth-order valence-electron chi connectivity index (χ4n) is 0.968. The summed E-state index contributed by atoms with van der Waals surface area (Å²) in [5.41, 5.74) is -0.799. The van der Waals surface area contributed by atoms with Crippen LogP contribution in [0.4, 0.5) is 4.79 Å². The van der Waals surface area contributed by atoms with Gasteiger partial charge in [-0.1, -0.05) is 12.8 Å². The van der Waals surface area contributed by atoms with E-state index in [9.17, 15) is 9.59 Å². The Balaban J connectivity index is 3.48. The summed E-state index contributed by atoms with van der Waals surface area (Å²) >= 11 is 4.99. The minimum atomic E-state index is -1.11. The molecule has 0 fully saturated rings. The van der Waals surface area contributed by atoms with Gasteiger partial charge in [0.05, 0.1) is 6.61 Å². The molecular weight excluding hydrogens is 220 g/mol. The van der Waals surface area contributed by atoms with Gasteiger partial charge in [0.2, 0.25) is 0 Å². The highest BCUT2D eigenvalue weighted by Gasteiger charge is 2.04. The largest absolute Gasteiger partial charge is 0.472 e. The Morgan fingerprint density at radius 3 is 2.73 bits per heavy atom. The molecule has 1 atom stereocenters. The molecule has 4 nitrogen and oxygen atoms in total. The molecule has 0 aromatic heterocycles. The molecule has 0 amide bonds. The number of ether oxygens (including phenoxy) is 1. The first kappa shape index (κ1) is 13.8. The Bertz CT molecular complexity index is 277. The van der Waals surface area contributed by atoms with Crippen molar-refractivity contribution in [3.63, 3.8) is 0 Å². The maximum absolute atomic E-state index is 10.3. The van der Waals surface area contributed by atoms with E-state index in [4.69, 9.17) is 16.7 Å². The lowest BCUT2D eigenvalue weighted by Crippen LogP contribution is -2.06. The van der Waals surface area contributed by atoms with E-state index in [-0.39, 0.29) is 12.5 Å². The van der Waals surface area contributed by atoms with E-state index in [2.05, 4.69) is 10.7 Å². The third kappa shape index (κ3) is 10.7. The summed E-state index contributed by atoms with van der Waals surface area (Å²) in [5.74, 6) is 3.65. The summed E-state index contributed by atoms with van der Waals surface area (Å²) in [5, 5.41) is 8.22. The van der Waals surface area contributed by atoms with Gasteiger partial charge in [0.1, 0.15) is 0 Å². The average Bonchev–Trinajstić information content (AvgIpc) is 2.13. The predicted molar refractivity (Wildman–Crippen MR) is 55.6 cm³/mol. The number of hydrogen-bond donors (Lipinski definition) is 1. The van der Waals surface area contributed by atoms with Crippen molar-refractivity contribution in [3.05, 3.63) is 0 Å². The first-order valence-corrected chi connectivity index (χ1v) is 4.94. The van der Waals surface area contributed by atoms with E-state index in [0.717, 1.165) is 12.8 Å². The molecule has 0 aliphatic carbocycles. The number of rotatable bonds is 5. The number of unbranched alkanes of at least 4 members (excludes halogenated alkanes) is 1. The number of carbonyl (C=O) groups excluding carboxylic acids is 1. The maximum atomic E-state index is 10.3. The van der Waals surface area contributed by atoms with E-state index >= 15 is 0 Å². The van der Waals surface area contributed by atoms with Crippen molar-refractivity contribution in [2.24, 2.45) is 5.92 Å². The molecule has 1 unspecified atom stereocenters. The SMILES string of the molecule is CC(CCCC#CC(=O)O)COC(=O)Cl. The number of carbonyl (C=O) groups is 2. The maximum Gasteiger partial charge on any atom is 0.403 e. The van der Waals surface area contributed by atoms with Crippen LogP contribution < -0.4 is 0 Å². The molecule has 0 aliphatic heterocycles. The highest BCUT2D eigenvalue weighted by Crippen LogP contribution is 2.08. The summed E-state index contributed by atoms with van der Waals surface area (Å²) in [6.07, 6.45) is 2.13. The van der Waals surface area contributed by atoms with Crippen LogP contribution in [0.3, 0.4) is 0 Å². The van der Waals surface area contributed by atoms with Crippen LogP contribution in [0.2, 0.25) is 0 Å². The fraction of sp³-hybridized carbons (Fsp3) is 0.600. The first-order valence-electron chi connectivity index (χ1n) is 4.56. The van der Waals surface area contributed by atoms with Crippen LogP contribution in [0.1, 0.15) is 26.2 Å². The van der Waals surface area contributed by atoms with Gasteiger partial charge in [-0.25, -0.2) is 9.59 Å². The molecule has 0 aliphatic rings. The molecule has 0 spiro atoms. The standard InChI is InChI=1S/C10H13ClO4/c1-8(7-15-10(11)14)5-3-2-4-6-9(12)13/h8H,2-3,5,7H2,1H3,(H,12,13). The van der Waals surface area contributed by atoms with Gasteiger partial charge in [0, 0.05) is 23.9 Å². The van der Waals surface area contributed by atoms with Crippen LogP contribution in [0.5, 0.6) is 0 Å². The van der Waals surface area contributed by atoms with E-state index in [1.165, 1.54) is 0 Å². The fourth-order valence-corrected chi connectivity index (χ4v) is 1.03. The third-order valence-electron chi connectivity index (χ3n) is 1.68. The highest BCUT2D eigenvalue weighted by atomic mass is 35.5. The van der Waals surface area contributed by atoms with E-state index in [0.29, 0.717) is 6.42 Å². The summed E-state index contributed by atoms with van der Waals surface area (Å²) < 4.78 is 4.60. The van der Waals surface area contributed by atoms with Crippen LogP contribution in [-0.2, 0) is 9.53 Å². The van der Waals surface area contributed by atoms with Crippen molar-refractivity contribution in [1.29, 1.82) is 0 Å². The Morgan fingerprint density at radius 2 is 2.20 bits per heavy atom. The lowest BCUT2D eigenvalue weighted by molar-refractivity contribution is -0.130. The van der Waals surface area contributed by atoms with Crippen LogP contribution >= 0.6 is 11.6 Å². The van der Waals surface area contributed by atoms with Crippen LogP contribution in [0.25, 0.3) is 0 Å². The van der Waals surface area contributed by atoms with Crippen molar-refractivity contribution in [2.45, 2.75) is 26.2 Å². The zero-order chi connectivity index (χ0) is 11.7. The molecule has 5 heteroatoms. The molecule has 0 radical (unpaired) electrons. The van der Waals surface area contributed by atoms with E-state index < -0.39 is 11.4 Å². The topological polar surface area (TPSA) is 63.6 Å². The average molecular weight is 233 g/mol. The minimum Gasteiger partial charge on any atom is -0.472 e. The minimum absolute atomic E-state index is 0.208. The van der Waals surface area contributed by atoms with Gasteiger partial charge in [-0.05, 0) is 18.8 Å². The molecule has 15 heavy (non-hydrogen) atoms. The Morgan fingerprint density at radius 1 is 1.53 bits per heavy atom. The van der Waals surface area contributed by atoms with Crippen molar-refractivity contribution >= 4 is 23.0 Å². The second-order valence-electron chi connectivity index (χ2n) is 3.15. The number of halogens is 1. The molecule has 0 aromatic rings. The van der Waals surface area contributed by atoms with Crippen molar-refractivity contribution in [2.75, 3.05) is 6.61 Å². The number of carboxylic acids is 1. The van der Waals surface area contributed by atoms with Gasteiger partial charge in [-0.2, -0.15) is 0 Å². The van der Waals surface area contributed by atoms with Gasteiger partial charge in [0.15, 0.2) is 0 Å². The van der Waals surface area contributed by atoms with Crippen LogP contribution in [0, 0.1) is 17.8 Å². The molecule has 0 bridgehead atoms. The van der Waals surface area contributed by atoms with E-state index in [1.54, 1.807) is 0 Å². The molecule has 0 aromatic carbocycles. The zero-order valence-corrected chi connectivity index (χ0v) is 9.21. The van der Waals surface area contributed by atoms with E-state index in [1.807, 2.05) is 12.8 Å². The number of carboxylic acid groups (broad SMARTS) is 1. The zero-order valence-electron chi connectivity index (χ0n) is 8.46. The molecule has 0 saturated heterocycles. The summed E-state index contributed by atoms with van der Waals surface area (Å²) in [6, 6.07) is 0. The summed E-state index contributed by atoms with van der Waals surface area (Å²) in [4.78, 5) is 20.3. The quantitative estimate of drug-likeness (QED) is 0.449. The molecule has 0 heterocycles. The predicted octanol–water partition coefficient (Wildman–Crippen LogP) is 2.26. The van der Waals surface area contributed by atoms with Gasteiger partial charge in [-0.15, -0.1) is 0 Å². The lowest BCUT2D eigenvalue weighted by Gasteiger charge is -2.08. The Kier molecular flexibility index (Phi) is 7.47. The normalized spacial score (nSPS) is 11.1. The monoisotopic (exact) mass is 232 g/mol. The first-order chi connectivity index (χ1) is 7.02. The summed E-state index contributed by atoms with van der Waals surface area (Å²) in [7, 11) is 0. The number of hydrogen-bond acceptors (Lipinski definition) is 3. The third-order valence-corrected chi connectivity index (χ3v) is 1.78. The summed E-state index contributed by atoms with van der Waals surface area (Å²) in [6.45, 7) is 2.21. The number of aliphatic carboxylic acids is 1. The highest BCUT2D eigenvalue weighted by molar-refractivity contribution is 6.61. The Labute approximate surface area is 93.6 Å². The van der Waals surface area contributed by atoms with Crippen molar-refractivity contribution in [3.8, 4) is 11.8 Å². The second kappa shape index (κ2) is 8.13. The van der Waals surface area contributed by atoms with Crippen LogP contribution in [-0.4, -0.2) is 23.1 Å². The van der Waals surface area contributed by atoms with Gasteiger partial charge in [-0.3, -0.25) is 0 Å². The molecule has 1 N–H and O–H groups in total. The lowest BCUT2D eigenvalue weighted by atomic mass is 10.1. The molecular formula is C10H13ClO4. The molecule has 84 valence electrons. The van der Waals surface area contributed by atoms with Crippen LogP contribution in [0.15, 0.2) is 0 Å². The molecule has 0 saturated carbocycles. The smallest absolute Gasteiger partial charge is 0.403 e. The second-order valence-corrected chi connectivity index (χ2v) is 3.46. The van der Waals surface area contributed by atoms with Gasteiger partial charge >= 0.3 is 11.4 Å².